The average Bonchev–Trinajstić information content (AvgIpc) is 2.65. The molecular weight excluding hydrogens is 226 g/mol. The van der Waals surface area contributed by atoms with Crippen LogP contribution in [0.15, 0.2) is 22.6 Å². The van der Waals surface area contributed by atoms with Crippen molar-refractivity contribution in [1.82, 2.24) is 5.32 Å². The van der Waals surface area contributed by atoms with E-state index in [1.807, 2.05) is 26.0 Å². The fourth-order valence-corrected chi connectivity index (χ4v) is 1.64. The van der Waals surface area contributed by atoms with Gasteiger partial charge in [0, 0.05) is 5.56 Å². The van der Waals surface area contributed by atoms with Gasteiger partial charge in [-0.2, -0.15) is 0 Å². The first kappa shape index (κ1) is 15.0. The van der Waals surface area contributed by atoms with Crippen molar-refractivity contribution in [3.05, 3.63) is 35.3 Å². The summed E-state index contributed by atoms with van der Waals surface area (Å²) >= 11 is 0. The number of allylic oxidation sites excluding steroid dienone is 1. The molecule has 0 unspecified atom stereocenters. The van der Waals surface area contributed by atoms with E-state index in [-0.39, 0.29) is 0 Å². The summed E-state index contributed by atoms with van der Waals surface area (Å²) in [4.78, 5) is 0. The Bertz CT molecular complexity index is 367. The third kappa shape index (κ3) is 5.52. The number of furan rings is 1. The number of hydrogen-bond acceptors (Lipinski definition) is 3. The van der Waals surface area contributed by atoms with Crippen LogP contribution in [0.3, 0.4) is 0 Å². The molecule has 0 aliphatic carbocycles. The summed E-state index contributed by atoms with van der Waals surface area (Å²) in [6.45, 7) is 11.4. The third-order valence-electron chi connectivity index (χ3n) is 2.63. The zero-order chi connectivity index (χ0) is 13.4. The number of rotatable bonds is 8. The topological polar surface area (TPSA) is 34.4 Å². The van der Waals surface area contributed by atoms with E-state index in [4.69, 9.17) is 9.15 Å². The Balaban J connectivity index is 2.38. The molecule has 0 saturated carbocycles. The minimum Gasteiger partial charge on any atom is -0.465 e. The van der Waals surface area contributed by atoms with E-state index in [1.54, 1.807) is 0 Å². The van der Waals surface area contributed by atoms with Gasteiger partial charge >= 0.3 is 0 Å². The molecule has 0 saturated heterocycles. The molecule has 0 radical (unpaired) electrons. The predicted molar refractivity (Wildman–Crippen MR) is 74.5 cm³/mol. The maximum Gasteiger partial charge on any atom is 0.118 e. The van der Waals surface area contributed by atoms with Gasteiger partial charge in [0.15, 0.2) is 0 Å². The summed E-state index contributed by atoms with van der Waals surface area (Å²) in [6.07, 6.45) is 3.99. The van der Waals surface area contributed by atoms with Crippen LogP contribution in [0.5, 0.6) is 0 Å². The van der Waals surface area contributed by atoms with Crippen molar-refractivity contribution < 1.29 is 9.15 Å². The van der Waals surface area contributed by atoms with Crippen LogP contribution in [0.2, 0.25) is 0 Å². The van der Waals surface area contributed by atoms with Crippen LogP contribution >= 0.6 is 0 Å². The molecule has 3 heteroatoms. The van der Waals surface area contributed by atoms with Gasteiger partial charge in [-0.25, -0.2) is 0 Å². The maximum atomic E-state index is 5.69. The summed E-state index contributed by atoms with van der Waals surface area (Å²) in [7, 11) is 0. The van der Waals surface area contributed by atoms with Crippen molar-refractivity contribution >= 4 is 0 Å². The highest BCUT2D eigenvalue weighted by atomic mass is 16.5. The van der Waals surface area contributed by atoms with Gasteiger partial charge < -0.3 is 14.5 Å². The molecule has 0 atom stereocenters. The van der Waals surface area contributed by atoms with Crippen molar-refractivity contribution in [1.29, 1.82) is 0 Å². The van der Waals surface area contributed by atoms with Crippen LogP contribution < -0.4 is 5.32 Å². The lowest BCUT2D eigenvalue weighted by Crippen LogP contribution is -2.18. The largest absolute Gasteiger partial charge is 0.465 e. The SMILES string of the molecule is CC=CCOCc1cc(CNCC(C)C)oc1C. The van der Waals surface area contributed by atoms with Gasteiger partial charge in [-0.1, -0.05) is 26.0 Å². The van der Waals surface area contributed by atoms with Gasteiger partial charge in [-0.15, -0.1) is 0 Å². The van der Waals surface area contributed by atoms with E-state index >= 15 is 0 Å². The van der Waals surface area contributed by atoms with Gasteiger partial charge in [0.25, 0.3) is 0 Å². The van der Waals surface area contributed by atoms with E-state index in [0.29, 0.717) is 19.1 Å². The highest BCUT2D eigenvalue weighted by molar-refractivity contribution is 5.19. The molecule has 0 aromatic carbocycles. The molecule has 1 rings (SSSR count). The molecule has 0 aliphatic heterocycles. The van der Waals surface area contributed by atoms with E-state index < -0.39 is 0 Å². The van der Waals surface area contributed by atoms with Crippen LogP contribution in [0.1, 0.15) is 37.9 Å². The number of hydrogen-bond donors (Lipinski definition) is 1. The van der Waals surface area contributed by atoms with Crippen LogP contribution in [-0.4, -0.2) is 13.2 Å². The first-order valence-corrected chi connectivity index (χ1v) is 6.61. The van der Waals surface area contributed by atoms with Crippen molar-refractivity contribution in [3.63, 3.8) is 0 Å². The zero-order valence-electron chi connectivity index (χ0n) is 12.0. The number of ether oxygens (including phenoxy) is 1. The standard InChI is InChI=1S/C15H25NO2/c1-5-6-7-17-11-14-8-15(18-13(14)4)10-16-9-12(2)3/h5-6,8,12,16H,7,9-11H2,1-4H3. The van der Waals surface area contributed by atoms with E-state index in [0.717, 1.165) is 30.2 Å². The van der Waals surface area contributed by atoms with Crippen molar-refractivity contribution in [3.8, 4) is 0 Å². The second-order valence-corrected chi connectivity index (χ2v) is 4.90. The van der Waals surface area contributed by atoms with Crippen LogP contribution in [-0.2, 0) is 17.9 Å². The Labute approximate surface area is 110 Å². The molecule has 0 fully saturated rings. The summed E-state index contributed by atoms with van der Waals surface area (Å²) in [5.74, 6) is 2.60. The summed E-state index contributed by atoms with van der Waals surface area (Å²) < 4.78 is 11.2. The lowest BCUT2D eigenvalue weighted by molar-refractivity contribution is 0.147. The smallest absolute Gasteiger partial charge is 0.118 e. The van der Waals surface area contributed by atoms with Crippen LogP contribution in [0.25, 0.3) is 0 Å². The molecule has 18 heavy (non-hydrogen) atoms. The summed E-state index contributed by atoms with van der Waals surface area (Å²) in [5.41, 5.74) is 1.14. The van der Waals surface area contributed by atoms with Crippen molar-refractivity contribution in [2.75, 3.05) is 13.2 Å². The minimum atomic E-state index is 0.615. The van der Waals surface area contributed by atoms with Gasteiger partial charge in [0.1, 0.15) is 11.5 Å². The Morgan fingerprint density at radius 3 is 2.89 bits per heavy atom. The lowest BCUT2D eigenvalue weighted by Gasteiger charge is -2.04. The quantitative estimate of drug-likeness (QED) is 0.568. The summed E-state index contributed by atoms with van der Waals surface area (Å²) in [5, 5.41) is 3.37. The van der Waals surface area contributed by atoms with Crippen molar-refractivity contribution in [2.24, 2.45) is 5.92 Å². The Hall–Kier alpha value is -1.06. The number of aryl methyl sites for hydroxylation is 1. The highest BCUT2D eigenvalue weighted by Crippen LogP contribution is 2.15. The van der Waals surface area contributed by atoms with Gasteiger partial charge in [-0.3, -0.25) is 0 Å². The molecule has 0 bridgehead atoms. The molecular formula is C15H25NO2. The molecule has 0 spiro atoms. The zero-order valence-corrected chi connectivity index (χ0v) is 12.0. The molecule has 3 nitrogen and oxygen atoms in total. The Morgan fingerprint density at radius 2 is 2.22 bits per heavy atom. The monoisotopic (exact) mass is 251 g/mol. The second kappa shape index (κ2) is 8.11. The fourth-order valence-electron chi connectivity index (χ4n) is 1.64. The Morgan fingerprint density at radius 1 is 1.44 bits per heavy atom. The second-order valence-electron chi connectivity index (χ2n) is 4.90. The Kier molecular flexibility index (Phi) is 6.76. The number of nitrogens with one attached hydrogen (secondary N) is 1. The molecule has 1 N–H and O–H groups in total. The van der Waals surface area contributed by atoms with E-state index in [9.17, 15) is 0 Å². The minimum absolute atomic E-state index is 0.615. The van der Waals surface area contributed by atoms with E-state index in [1.165, 1.54) is 0 Å². The molecule has 1 aromatic rings. The molecule has 1 heterocycles. The van der Waals surface area contributed by atoms with Gasteiger partial charge in [0.05, 0.1) is 19.8 Å². The lowest BCUT2D eigenvalue weighted by atomic mass is 10.2. The fraction of sp³-hybridized carbons (Fsp3) is 0.600. The first-order valence-electron chi connectivity index (χ1n) is 6.61. The van der Waals surface area contributed by atoms with Crippen LogP contribution in [0.4, 0.5) is 0 Å². The first-order chi connectivity index (χ1) is 8.63. The van der Waals surface area contributed by atoms with Crippen molar-refractivity contribution in [2.45, 2.75) is 40.8 Å². The molecule has 0 amide bonds. The molecule has 0 aliphatic rings. The van der Waals surface area contributed by atoms with Gasteiger partial charge in [0.2, 0.25) is 0 Å². The third-order valence-corrected chi connectivity index (χ3v) is 2.63. The predicted octanol–water partition coefficient (Wildman–Crippen LogP) is 3.43. The average molecular weight is 251 g/mol. The molecule has 102 valence electrons. The molecule has 1 aromatic heterocycles. The normalized spacial score (nSPS) is 11.8. The van der Waals surface area contributed by atoms with Gasteiger partial charge in [-0.05, 0) is 32.4 Å². The highest BCUT2D eigenvalue weighted by Gasteiger charge is 2.07. The summed E-state index contributed by atoms with van der Waals surface area (Å²) in [6, 6.07) is 2.08. The van der Waals surface area contributed by atoms with Crippen LogP contribution in [0, 0.1) is 12.8 Å². The maximum absolute atomic E-state index is 5.69. The van der Waals surface area contributed by atoms with E-state index in [2.05, 4.69) is 25.2 Å².